The first-order chi connectivity index (χ1) is 16.4. The number of hydrogen-bond donors (Lipinski definition) is 3. The van der Waals surface area contributed by atoms with E-state index in [9.17, 15) is 14.0 Å². The van der Waals surface area contributed by atoms with Crippen LogP contribution in [0.15, 0.2) is 60.7 Å². The van der Waals surface area contributed by atoms with E-state index < -0.39 is 6.03 Å². The molecule has 0 atom stereocenters. The highest BCUT2D eigenvalue weighted by molar-refractivity contribution is 6.33. The second kappa shape index (κ2) is 10.6. The highest BCUT2D eigenvalue weighted by atomic mass is 35.5. The van der Waals surface area contributed by atoms with Crippen molar-refractivity contribution in [3.05, 3.63) is 88.2 Å². The lowest BCUT2D eigenvalue weighted by Crippen LogP contribution is -2.26. The average molecular weight is 481 g/mol. The molecule has 0 aliphatic carbocycles. The van der Waals surface area contributed by atoms with E-state index in [1.54, 1.807) is 36.4 Å². The quantitative estimate of drug-likeness (QED) is 0.407. The average Bonchev–Trinajstić information content (AvgIpc) is 3.34. The Morgan fingerprint density at radius 3 is 2.47 bits per heavy atom. The van der Waals surface area contributed by atoms with Crippen LogP contribution in [-0.4, -0.2) is 25.0 Å². The Bertz CT molecular complexity index is 1210. The molecule has 1 aliphatic rings. The summed E-state index contributed by atoms with van der Waals surface area (Å²) in [4.78, 5) is 27.7. The van der Waals surface area contributed by atoms with Gasteiger partial charge in [-0.3, -0.25) is 4.79 Å². The summed E-state index contributed by atoms with van der Waals surface area (Å²) in [7, 11) is 0. The monoisotopic (exact) mass is 480 g/mol. The van der Waals surface area contributed by atoms with E-state index in [-0.39, 0.29) is 18.3 Å². The van der Waals surface area contributed by atoms with Crippen LogP contribution in [0.4, 0.5) is 26.2 Å². The summed E-state index contributed by atoms with van der Waals surface area (Å²) >= 11 is 6.25. The molecule has 3 amide bonds. The van der Waals surface area contributed by atoms with Gasteiger partial charge in [0.2, 0.25) is 0 Å². The molecule has 0 unspecified atom stereocenters. The van der Waals surface area contributed by atoms with Gasteiger partial charge in [-0.2, -0.15) is 0 Å². The van der Waals surface area contributed by atoms with Gasteiger partial charge >= 0.3 is 6.03 Å². The fourth-order valence-electron chi connectivity index (χ4n) is 3.94. The number of benzene rings is 3. The van der Waals surface area contributed by atoms with E-state index in [4.69, 9.17) is 11.6 Å². The van der Waals surface area contributed by atoms with Crippen LogP contribution in [0.25, 0.3) is 0 Å². The molecule has 3 aromatic carbocycles. The molecule has 0 bridgehead atoms. The van der Waals surface area contributed by atoms with Gasteiger partial charge in [-0.05, 0) is 73.4 Å². The maximum Gasteiger partial charge on any atom is 0.323 e. The van der Waals surface area contributed by atoms with Crippen molar-refractivity contribution in [2.45, 2.75) is 26.3 Å². The highest BCUT2D eigenvalue weighted by Gasteiger charge is 2.19. The molecule has 1 aliphatic heterocycles. The summed E-state index contributed by atoms with van der Waals surface area (Å²) < 4.78 is 13.4. The van der Waals surface area contributed by atoms with Crippen LogP contribution in [0, 0.1) is 12.7 Å². The minimum atomic E-state index is -0.455. The van der Waals surface area contributed by atoms with Crippen LogP contribution in [0.5, 0.6) is 0 Å². The molecule has 3 aromatic rings. The molecule has 0 saturated carbocycles. The van der Waals surface area contributed by atoms with E-state index in [2.05, 4.69) is 20.9 Å². The summed E-state index contributed by atoms with van der Waals surface area (Å²) in [6.07, 6.45) is 2.14. The van der Waals surface area contributed by atoms with Crippen LogP contribution >= 0.6 is 11.6 Å². The van der Waals surface area contributed by atoms with Crippen molar-refractivity contribution >= 4 is 40.6 Å². The summed E-state index contributed by atoms with van der Waals surface area (Å²) in [6, 6.07) is 16.2. The third kappa shape index (κ3) is 5.85. The molecule has 0 aromatic heterocycles. The zero-order valence-corrected chi connectivity index (χ0v) is 19.6. The number of amides is 3. The van der Waals surface area contributed by atoms with Crippen LogP contribution in [0.1, 0.15) is 34.3 Å². The number of nitrogens with zero attached hydrogens (tertiary/aromatic N) is 1. The maximum absolute atomic E-state index is 13.4. The topological polar surface area (TPSA) is 73.5 Å². The number of hydrogen-bond acceptors (Lipinski definition) is 3. The Kier molecular flexibility index (Phi) is 7.33. The first-order valence-electron chi connectivity index (χ1n) is 11.1. The molecule has 6 nitrogen and oxygen atoms in total. The van der Waals surface area contributed by atoms with Crippen molar-refractivity contribution in [3.63, 3.8) is 0 Å². The van der Waals surface area contributed by atoms with Gasteiger partial charge in [0.05, 0.1) is 22.1 Å². The Morgan fingerprint density at radius 1 is 0.971 bits per heavy atom. The zero-order chi connectivity index (χ0) is 24.1. The van der Waals surface area contributed by atoms with Crippen LogP contribution in [0.2, 0.25) is 5.02 Å². The number of rotatable bonds is 6. The molecule has 0 radical (unpaired) electrons. The van der Waals surface area contributed by atoms with Crippen molar-refractivity contribution in [1.82, 2.24) is 5.32 Å². The predicted octanol–water partition coefficient (Wildman–Crippen LogP) is 5.96. The first kappa shape index (κ1) is 23.6. The van der Waals surface area contributed by atoms with Crippen LogP contribution in [-0.2, 0) is 6.54 Å². The number of anilines is 3. The van der Waals surface area contributed by atoms with Crippen LogP contribution in [0.3, 0.4) is 0 Å². The molecule has 1 fully saturated rings. The van der Waals surface area contributed by atoms with E-state index >= 15 is 0 Å². The van der Waals surface area contributed by atoms with E-state index in [0.717, 1.165) is 37.2 Å². The maximum atomic E-state index is 13.4. The number of urea groups is 1. The summed E-state index contributed by atoms with van der Waals surface area (Å²) in [5.74, 6) is -0.671. The molecular formula is C26H26ClFN4O2. The minimum Gasteiger partial charge on any atom is -0.370 e. The van der Waals surface area contributed by atoms with Gasteiger partial charge in [-0.25, -0.2) is 9.18 Å². The third-order valence-corrected chi connectivity index (χ3v) is 5.98. The Labute approximate surface area is 203 Å². The molecule has 8 heteroatoms. The van der Waals surface area contributed by atoms with Gasteiger partial charge in [-0.1, -0.05) is 29.8 Å². The van der Waals surface area contributed by atoms with Gasteiger partial charge in [0.15, 0.2) is 0 Å². The minimum absolute atomic E-state index is 0.194. The van der Waals surface area contributed by atoms with E-state index in [1.807, 2.05) is 19.1 Å². The zero-order valence-electron chi connectivity index (χ0n) is 18.8. The number of aryl methyl sites for hydroxylation is 1. The predicted molar refractivity (Wildman–Crippen MR) is 134 cm³/mol. The summed E-state index contributed by atoms with van der Waals surface area (Å²) in [6.45, 7) is 3.87. The van der Waals surface area contributed by atoms with Gasteiger partial charge in [0.1, 0.15) is 5.82 Å². The lowest BCUT2D eigenvalue weighted by Gasteiger charge is -2.22. The van der Waals surface area contributed by atoms with Gasteiger partial charge in [0, 0.05) is 25.2 Å². The van der Waals surface area contributed by atoms with E-state index in [0.29, 0.717) is 27.5 Å². The summed E-state index contributed by atoms with van der Waals surface area (Å²) in [5, 5.41) is 8.89. The molecule has 1 saturated heterocycles. The van der Waals surface area contributed by atoms with Gasteiger partial charge in [-0.15, -0.1) is 0 Å². The third-order valence-electron chi connectivity index (χ3n) is 5.67. The van der Waals surface area contributed by atoms with Crippen molar-refractivity contribution < 1.29 is 14.0 Å². The molecule has 176 valence electrons. The van der Waals surface area contributed by atoms with Crippen molar-refractivity contribution in [3.8, 4) is 0 Å². The highest BCUT2D eigenvalue weighted by Crippen LogP contribution is 2.31. The first-order valence-corrected chi connectivity index (χ1v) is 11.5. The molecular weight excluding hydrogens is 455 g/mol. The SMILES string of the molecule is Cc1ccc(NC(=O)Nc2cc(C(=O)NCc3cccc(F)c3)ccc2N2CCCC2)c(Cl)c1. The second-order valence-corrected chi connectivity index (χ2v) is 8.71. The second-order valence-electron chi connectivity index (χ2n) is 8.30. The Balaban J connectivity index is 1.51. The number of carbonyl (C=O) groups excluding carboxylic acids is 2. The fraction of sp³-hybridized carbons (Fsp3) is 0.231. The molecule has 1 heterocycles. The normalized spacial score (nSPS) is 13.0. The Hall–Kier alpha value is -3.58. The van der Waals surface area contributed by atoms with Crippen molar-refractivity contribution in [2.75, 3.05) is 28.6 Å². The lowest BCUT2D eigenvalue weighted by molar-refractivity contribution is 0.0951. The number of nitrogens with one attached hydrogen (secondary N) is 3. The standard InChI is InChI=1S/C26H26ClFN4O2/c1-17-7-9-22(21(27)13-17)30-26(34)31-23-15-19(8-10-24(23)32-11-2-3-12-32)25(33)29-16-18-5-4-6-20(28)14-18/h4-10,13-15H,2-3,11-12,16H2,1H3,(H,29,33)(H2,30,31,34). The smallest absolute Gasteiger partial charge is 0.323 e. The van der Waals surface area contributed by atoms with Gasteiger partial charge < -0.3 is 20.9 Å². The fourth-order valence-corrected chi connectivity index (χ4v) is 4.22. The lowest BCUT2D eigenvalue weighted by atomic mass is 10.1. The van der Waals surface area contributed by atoms with Crippen LogP contribution < -0.4 is 20.9 Å². The molecule has 3 N–H and O–H groups in total. The van der Waals surface area contributed by atoms with Crippen molar-refractivity contribution in [1.29, 1.82) is 0 Å². The Morgan fingerprint density at radius 2 is 1.74 bits per heavy atom. The van der Waals surface area contributed by atoms with E-state index in [1.165, 1.54) is 12.1 Å². The largest absolute Gasteiger partial charge is 0.370 e. The number of carbonyl (C=O) groups is 2. The molecule has 34 heavy (non-hydrogen) atoms. The summed E-state index contributed by atoms with van der Waals surface area (Å²) in [5.41, 5.74) is 3.92. The van der Waals surface area contributed by atoms with Gasteiger partial charge in [0.25, 0.3) is 5.91 Å². The molecule has 4 rings (SSSR count). The van der Waals surface area contributed by atoms with Crippen molar-refractivity contribution in [2.24, 2.45) is 0 Å². The molecule has 0 spiro atoms. The number of halogens is 2.